The Morgan fingerprint density at radius 3 is 2.38 bits per heavy atom. The number of ether oxygens (including phenoxy) is 1. The summed E-state index contributed by atoms with van der Waals surface area (Å²) in [4.78, 5) is 2.64. The SMILES string of the molecule is COc1ccc(C2(O)CC3CCCC(C2)N3Cc2ccccc2)cc1C. The van der Waals surface area contributed by atoms with E-state index in [-0.39, 0.29) is 0 Å². The number of benzene rings is 2. The molecule has 3 nitrogen and oxygen atoms in total. The first-order valence-electron chi connectivity index (χ1n) is 9.76. The molecule has 138 valence electrons. The maximum atomic E-state index is 11.6. The first-order chi connectivity index (χ1) is 12.6. The molecule has 2 aliphatic heterocycles. The molecule has 26 heavy (non-hydrogen) atoms. The van der Waals surface area contributed by atoms with E-state index in [1.807, 2.05) is 6.07 Å². The second-order valence-electron chi connectivity index (χ2n) is 8.02. The van der Waals surface area contributed by atoms with Gasteiger partial charge in [0.2, 0.25) is 0 Å². The number of rotatable bonds is 4. The van der Waals surface area contributed by atoms with Crippen molar-refractivity contribution in [1.29, 1.82) is 0 Å². The fourth-order valence-electron chi connectivity index (χ4n) is 4.98. The number of nitrogens with zero attached hydrogens (tertiary/aromatic N) is 1. The van der Waals surface area contributed by atoms with Gasteiger partial charge >= 0.3 is 0 Å². The van der Waals surface area contributed by atoms with Crippen molar-refractivity contribution in [2.75, 3.05) is 7.11 Å². The van der Waals surface area contributed by atoms with Gasteiger partial charge in [-0.2, -0.15) is 0 Å². The summed E-state index contributed by atoms with van der Waals surface area (Å²) in [5.41, 5.74) is 2.79. The highest BCUT2D eigenvalue weighted by Gasteiger charge is 2.46. The van der Waals surface area contributed by atoms with Crippen molar-refractivity contribution in [3.05, 3.63) is 65.2 Å². The van der Waals surface area contributed by atoms with Gasteiger partial charge in [0, 0.05) is 18.6 Å². The molecule has 2 saturated heterocycles. The first-order valence-corrected chi connectivity index (χ1v) is 9.76. The summed E-state index contributed by atoms with van der Waals surface area (Å²) in [6.45, 7) is 3.05. The number of aryl methyl sites for hydroxylation is 1. The third-order valence-electron chi connectivity index (χ3n) is 6.30. The second-order valence-corrected chi connectivity index (χ2v) is 8.02. The number of methoxy groups -OCH3 is 1. The smallest absolute Gasteiger partial charge is 0.121 e. The Hall–Kier alpha value is -1.84. The molecule has 4 rings (SSSR count). The minimum atomic E-state index is -0.722. The van der Waals surface area contributed by atoms with Gasteiger partial charge in [-0.25, -0.2) is 0 Å². The van der Waals surface area contributed by atoms with Crippen molar-refractivity contribution in [3.8, 4) is 5.75 Å². The number of hydrogen-bond acceptors (Lipinski definition) is 3. The molecule has 0 saturated carbocycles. The first kappa shape index (κ1) is 17.6. The van der Waals surface area contributed by atoms with E-state index in [0.717, 1.165) is 36.3 Å². The molecule has 0 spiro atoms. The molecule has 0 radical (unpaired) electrons. The number of hydrogen-bond donors (Lipinski definition) is 1. The van der Waals surface area contributed by atoms with Gasteiger partial charge in [0.1, 0.15) is 5.75 Å². The summed E-state index contributed by atoms with van der Waals surface area (Å²) in [5.74, 6) is 0.888. The summed E-state index contributed by atoms with van der Waals surface area (Å²) in [5, 5.41) is 11.6. The van der Waals surface area contributed by atoms with E-state index in [1.165, 1.54) is 24.8 Å². The van der Waals surface area contributed by atoms with Gasteiger partial charge in [-0.1, -0.05) is 42.8 Å². The largest absolute Gasteiger partial charge is 0.496 e. The van der Waals surface area contributed by atoms with Crippen LogP contribution >= 0.6 is 0 Å². The molecule has 0 aromatic heterocycles. The van der Waals surface area contributed by atoms with Gasteiger partial charge in [-0.15, -0.1) is 0 Å². The van der Waals surface area contributed by atoms with Crippen LogP contribution in [0.4, 0.5) is 0 Å². The Labute approximate surface area is 156 Å². The second kappa shape index (κ2) is 7.05. The molecular formula is C23H29NO2. The molecule has 2 bridgehead atoms. The van der Waals surface area contributed by atoms with Crippen LogP contribution in [0.1, 0.15) is 48.8 Å². The number of fused-ring (bicyclic) bond motifs is 2. The Morgan fingerprint density at radius 1 is 1.08 bits per heavy atom. The van der Waals surface area contributed by atoms with Crippen molar-refractivity contribution < 1.29 is 9.84 Å². The quantitative estimate of drug-likeness (QED) is 0.886. The van der Waals surface area contributed by atoms with E-state index >= 15 is 0 Å². The van der Waals surface area contributed by atoms with Crippen LogP contribution in [0.5, 0.6) is 5.75 Å². The molecule has 2 aromatic carbocycles. The van der Waals surface area contributed by atoms with Crippen LogP contribution in [0.3, 0.4) is 0 Å². The highest BCUT2D eigenvalue weighted by atomic mass is 16.5. The van der Waals surface area contributed by atoms with E-state index in [1.54, 1.807) is 7.11 Å². The standard InChI is InChI=1S/C23H29NO2/c1-17-13-19(11-12-22(17)26-2)23(25)14-20-9-6-10-21(15-23)24(20)16-18-7-4-3-5-8-18/h3-5,7-8,11-13,20-21,25H,6,9-10,14-16H2,1-2H3. The molecule has 2 aromatic rings. The van der Waals surface area contributed by atoms with Crippen LogP contribution in [0.2, 0.25) is 0 Å². The van der Waals surface area contributed by atoms with Crippen LogP contribution in [0.25, 0.3) is 0 Å². The Morgan fingerprint density at radius 2 is 1.77 bits per heavy atom. The Bertz CT molecular complexity index is 744. The summed E-state index contributed by atoms with van der Waals surface area (Å²) < 4.78 is 5.39. The minimum Gasteiger partial charge on any atom is -0.496 e. The predicted octanol–water partition coefficient (Wildman–Crippen LogP) is 4.41. The van der Waals surface area contributed by atoms with Crippen LogP contribution < -0.4 is 4.74 Å². The minimum absolute atomic E-state index is 0.454. The zero-order valence-electron chi connectivity index (χ0n) is 15.8. The predicted molar refractivity (Wildman–Crippen MR) is 104 cm³/mol. The third kappa shape index (κ3) is 3.26. The monoisotopic (exact) mass is 351 g/mol. The maximum absolute atomic E-state index is 11.6. The highest BCUT2D eigenvalue weighted by molar-refractivity contribution is 5.39. The molecule has 2 heterocycles. The lowest BCUT2D eigenvalue weighted by Gasteiger charge is -2.52. The third-order valence-corrected chi connectivity index (χ3v) is 6.30. The summed E-state index contributed by atoms with van der Waals surface area (Å²) in [7, 11) is 1.70. The fourth-order valence-corrected chi connectivity index (χ4v) is 4.98. The van der Waals surface area contributed by atoms with Gasteiger partial charge < -0.3 is 9.84 Å². The Balaban J connectivity index is 1.58. The van der Waals surface area contributed by atoms with E-state index in [0.29, 0.717) is 12.1 Å². The molecular weight excluding hydrogens is 322 g/mol. The topological polar surface area (TPSA) is 32.7 Å². The van der Waals surface area contributed by atoms with Gasteiger partial charge in [0.05, 0.1) is 12.7 Å². The molecule has 2 aliphatic rings. The van der Waals surface area contributed by atoms with Crippen LogP contribution in [0.15, 0.2) is 48.5 Å². The zero-order valence-corrected chi connectivity index (χ0v) is 15.8. The maximum Gasteiger partial charge on any atom is 0.121 e. The highest BCUT2D eigenvalue weighted by Crippen LogP contribution is 2.45. The van der Waals surface area contributed by atoms with Crippen molar-refractivity contribution >= 4 is 0 Å². The van der Waals surface area contributed by atoms with E-state index in [9.17, 15) is 5.11 Å². The summed E-state index contributed by atoms with van der Waals surface area (Å²) in [6, 6.07) is 17.8. The summed E-state index contributed by atoms with van der Waals surface area (Å²) in [6.07, 6.45) is 5.28. The van der Waals surface area contributed by atoms with Crippen molar-refractivity contribution in [3.63, 3.8) is 0 Å². The lowest BCUT2D eigenvalue weighted by molar-refractivity contribution is -0.0999. The Kier molecular flexibility index (Phi) is 4.76. The normalized spacial score (nSPS) is 28.7. The van der Waals surface area contributed by atoms with Crippen molar-refractivity contribution in [2.45, 2.75) is 63.3 Å². The van der Waals surface area contributed by atoms with Crippen LogP contribution in [-0.2, 0) is 12.1 Å². The van der Waals surface area contributed by atoms with Crippen molar-refractivity contribution in [2.24, 2.45) is 0 Å². The van der Waals surface area contributed by atoms with Crippen LogP contribution in [-0.4, -0.2) is 29.2 Å². The van der Waals surface area contributed by atoms with Crippen molar-refractivity contribution in [1.82, 2.24) is 4.90 Å². The molecule has 1 N–H and O–H groups in total. The van der Waals surface area contributed by atoms with Gasteiger partial charge in [0.15, 0.2) is 0 Å². The molecule has 2 atom stereocenters. The molecule has 3 heteroatoms. The van der Waals surface area contributed by atoms with Gasteiger partial charge in [-0.05, 0) is 61.4 Å². The average Bonchev–Trinajstić information content (AvgIpc) is 2.63. The zero-order chi connectivity index (χ0) is 18.1. The number of piperidine rings is 2. The van der Waals surface area contributed by atoms with Crippen LogP contribution in [0, 0.1) is 6.92 Å². The molecule has 0 amide bonds. The summed E-state index contributed by atoms with van der Waals surface area (Å²) >= 11 is 0. The van der Waals surface area contributed by atoms with E-state index in [2.05, 4.69) is 54.3 Å². The lowest BCUT2D eigenvalue weighted by Crippen LogP contribution is -2.56. The average molecular weight is 351 g/mol. The number of aliphatic hydroxyl groups is 1. The molecule has 2 fully saturated rings. The van der Waals surface area contributed by atoms with Gasteiger partial charge in [-0.3, -0.25) is 4.90 Å². The fraction of sp³-hybridized carbons (Fsp3) is 0.478. The molecule has 0 aliphatic carbocycles. The van der Waals surface area contributed by atoms with Gasteiger partial charge in [0.25, 0.3) is 0 Å². The van der Waals surface area contributed by atoms with E-state index in [4.69, 9.17) is 4.74 Å². The molecule has 2 unspecified atom stereocenters. The van der Waals surface area contributed by atoms with E-state index < -0.39 is 5.60 Å². The lowest BCUT2D eigenvalue weighted by atomic mass is 9.72.